The fraction of sp³-hybridized carbons (Fsp3) is 0.109. The summed E-state index contributed by atoms with van der Waals surface area (Å²) in [5.41, 5.74) is 10.8. The first-order chi connectivity index (χ1) is 25.3. The lowest BCUT2D eigenvalue weighted by atomic mass is 9.81. The molecule has 2 N–H and O–H groups in total. The molecule has 4 aliphatic rings. The Morgan fingerprint density at radius 1 is 0.608 bits per heavy atom. The highest BCUT2D eigenvalue weighted by Crippen LogP contribution is 2.55. The first-order valence-electron chi connectivity index (χ1n) is 17.7. The zero-order valence-electron chi connectivity index (χ0n) is 27.9. The molecule has 0 amide bonds. The van der Waals surface area contributed by atoms with Gasteiger partial charge in [0.2, 0.25) is 12.0 Å². The first-order valence-corrected chi connectivity index (χ1v) is 18.6. The summed E-state index contributed by atoms with van der Waals surface area (Å²) in [6, 6.07) is 50.4. The number of allylic oxidation sites excluding steroid dienone is 3. The Kier molecular flexibility index (Phi) is 7.47. The largest absolute Gasteiger partial charge is 0.272 e. The SMILES string of the molecule is C1=CCC(C2=NC(c3ccc(-c4ccccc4)cc3)[NH2+]C(c3ccc(C4=Nc5c(ccc6ccccc56)C5c6ccccc6SC45)cc3)=N2)C=C1. The van der Waals surface area contributed by atoms with Gasteiger partial charge in [0.25, 0.3) is 0 Å². The molecule has 244 valence electrons. The summed E-state index contributed by atoms with van der Waals surface area (Å²) in [6.45, 7) is 0. The van der Waals surface area contributed by atoms with E-state index in [1.807, 2.05) is 11.8 Å². The Bertz CT molecular complexity index is 2460. The fourth-order valence-electron chi connectivity index (χ4n) is 7.93. The highest BCUT2D eigenvalue weighted by molar-refractivity contribution is 8.01. The standard InChI is InChI=1S/C46H34N4S/c1-3-11-29(12-4-1)30-19-23-34(24-20-30)45-48-44(33-14-5-2-6-15-33)49-46(50-45)35-25-21-32(22-26-35)41-43-40(37-17-9-10-18-39(37)51-43)38-28-27-31-13-7-8-16-36(31)42(38)47-41/h1-14,16-28,33,40,43,45H,15H2,(H,48,49,50)/p+1. The molecule has 6 aromatic carbocycles. The molecule has 1 aliphatic carbocycles. The Balaban J connectivity index is 1.01. The van der Waals surface area contributed by atoms with Gasteiger partial charge in [-0.25, -0.2) is 4.99 Å². The van der Waals surface area contributed by atoms with E-state index in [1.54, 1.807) is 0 Å². The Morgan fingerprint density at radius 3 is 2.20 bits per heavy atom. The topological polar surface area (TPSA) is 53.7 Å². The van der Waals surface area contributed by atoms with Crippen molar-refractivity contribution in [1.29, 1.82) is 0 Å². The van der Waals surface area contributed by atoms with E-state index in [-0.39, 0.29) is 23.3 Å². The van der Waals surface area contributed by atoms with Gasteiger partial charge in [0, 0.05) is 27.7 Å². The molecule has 3 heterocycles. The number of nitrogens with two attached hydrogens (primary N) is 1. The third kappa shape index (κ3) is 5.41. The lowest BCUT2D eigenvalue weighted by Gasteiger charge is -2.29. The van der Waals surface area contributed by atoms with E-state index >= 15 is 0 Å². The van der Waals surface area contributed by atoms with E-state index in [4.69, 9.17) is 15.0 Å². The zero-order chi connectivity index (χ0) is 33.7. The average molecular weight is 676 g/mol. The lowest BCUT2D eigenvalue weighted by Crippen LogP contribution is -2.90. The molecule has 4 nitrogen and oxygen atoms in total. The molecule has 51 heavy (non-hydrogen) atoms. The number of rotatable bonds is 5. The van der Waals surface area contributed by atoms with Crippen LogP contribution in [0.1, 0.15) is 46.3 Å². The molecular weight excluding hydrogens is 641 g/mol. The molecule has 4 atom stereocenters. The van der Waals surface area contributed by atoms with E-state index in [1.165, 1.54) is 37.9 Å². The Morgan fingerprint density at radius 2 is 1.35 bits per heavy atom. The minimum Gasteiger partial charge on any atom is -0.272 e. The predicted molar refractivity (Wildman–Crippen MR) is 211 cm³/mol. The maximum absolute atomic E-state index is 5.49. The molecule has 10 rings (SSSR count). The van der Waals surface area contributed by atoms with Gasteiger partial charge >= 0.3 is 0 Å². The summed E-state index contributed by atoms with van der Waals surface area (Å²) in [7, 11) is 0. The van der Waals surface area contributed by atoms with Crippen molar-refractivity contribution in [3.63, 3.8) is 0 Å². The van der Waals surface area contributed by atoms with Crippen molar-refractivity contribution in [2.45, 2.75) is 28.6 Å². The number of quaternary nitrogens is 1. The van der Waals surface area contributed by atoms with Gasteiger partial charge < -0.3 is 0 Å². The van der Waals surface area contributed by atoms with Gasteiger partial charge in [-0.05, 0) is 57.8 Å². The Hall–Kier alpha value is -5.62. The average Bonchev–Trinajstić information content (AvgIpc) is 3.61. The molecule has 3 aliphatic heterocycles. The van der Waals surface area contributed by atoms with E-state index in [9.17, 15) is 0 Å². The molecule has 5 heteroatoms. The van der Waals surface area contributed by atoms with Crippen molar-refractivity contribution >= 4 is 45.6 Å². The second-order valence-corrected chi connectivity index (χ2v) is 14.8. The molecule has 0 saturated carbocycles. The van der Waals surface area contributed by atoms with Gasteiger partial charge in [-0.2, -0.15) is 4.99 Å². The normalized spacial score (nSPS) is 21.7. The van der Waals surface area contributed by atoms with Crippen molar-refractivity contribution in [3.8, 4) is 11.1 Å². The molecule has 0 radical (unpaired) electrons. The minimum atomic E-state index is -0.113. The van der Waals surface area contributed by atoms with E-state index in [0.717, 1.165) is 46.2 Å². The molecule has 6 aromatic rings. The number of fused-ring (bicyclic) bond motifs is 7. The van der Waals surface area contributed by atoms with Crippen LogP contribution < -0.4 is 5.32 Å². The third-order valence-electron chi connectivity index (χ3n) is 10.5. The van der Waals surface area contributed by atoms with Crippen molar-refractivity contribution in [2.75, 3.05) is 0 Å². The number of aliphatic imine (C=N–C) groups is 3. The number of amidine groups is 2. The minimum absolute atomic E-state index is 0.113. The Labute approximate surface area is 302 Å². The summed E-state index contributed by atoms with van der Waals surface area (Å²) in [4.78, 5) is 17.3. The van der Waals surface area contributed by atoms with Gasteiger partial charge in [-0.1, -0.05) is 146 Å². The van der Waals surface area contributed by atoms with Crippen LogP contribution in [-0.4, -0.2) is 22.6 Å². The fourth-order valence-corrected chi connectivity index (χ4v) is 9.43. The monoisotopic (exact) mass is 675 g/mol. The van der Waals surface area contributed by atoms with Crippen LogP contribution in [0.25, 0.3) is 21.9 Å². The van der Waals surface area contributed by atoms with Crippen molar-refractivity contribution in [3.05, 3.63) is 192 Å². The van der Waals surface area contributed by atoms with Crippen LogP contribution in [0.2, 0.25) is 0 Å². The van der Waals surface area contributed by atoms with Gasteiger partial charge in [-0.3, -0.25) is 10.3 Å². The van der Waals surface area contributed by atoms with Crippen LogP contribution in [0.3, 0.4) is 0 Å². The molecular formula is C46H35N4S+. The lowest BCUT2D eigenvalue weighted by molar-refractivity contribution is -0.586. The summed E-state index contributed by atoms with van der Waals surface area (Å²) >= 11 is 1.95. The maximum atomic E-state index is 5.49. The van der Waals surface area contributed by atoms with Gasteiger partial charge in [-0.15, -0.1) is 11.8 Å². The third-order valence-corrected chi connectivity index (χ3v) is 11.9. The molecule has 4 unspecified atom stereocenters. The zero-order valence-corrected chi connectivity index (χ0v) is 28.7. The maximum Gasteiger partial charge on any atom is 0.235 e. The summed E-state index contributed by atoms with van der Waals surface area (Å²) in [5, 5.41) is 4.87. The second-order valence-electron chi connectivity index (χ2n) is 13.6. The van der Waals surface area contributed by atoms with Crippen LogP contribution in [-0.2, 0) is 0 Å². The van der Waals surface area contributed by atoms with Crippen molar-refractivity contribution < 1.29 is 5.32 Å². The van der Waals surface area contributed by atoms with E-state index in [2.05, 4.69) is 169 Å². The van der Waals surface area contributed by atoms with Crippen LogP contribution in [0, 0.1) is 5.92 Å². The number of hydrogen-bond acceptors (Lipinski definition) is 4. The van der Waals surface area contributed by atoms with Crippen LogP contribution >= 0.6 is 11.8 Å². The molecule has 0 aromatic heterocycles. The highest BCUT2D eigenvalue weighted by atomic mass is 32.2. The number of benzene rings is 6. The summed E-state index contributed by atoms with van der Waals surface area (Å²) in [6.07, 6.45) is 9.44. The number of nitrogens with zero attached hydrogens (tertiary/aromatic N) is 3. The quantitative estimate of drug-likeness (QED) is 0.194. The van der Waals surface area contributed by atoms with E-state index < -0.39 is 0 Å². The molecule has 0 fully saturated rings. The molecule has 0 saturated heterocycles. The predicted octanol–water partition coefficient (Wildman–Crippen LogP) is 9.80. The van der Waals surface area contributed by atoms with Gasteiger partial charge in [0.15, 0.2) is 0 Å². The molecule has 0 spiro atoms. The first kappa shape index (κ1) is 30.2. The number of hydrogen-bond donors (Lipinski definition) is 1. The highest BCUT2D eigenvalue weighted by Gasteiger charge is 2.42. The summed E-state index contributed by atoms with van der Waals surface area (Å²) in [5.74, 6) is 2.28. The van der Waals surface area contributed by atoms with Crippen molar-refractivity contribution in [2.24, 2.45) is 20.9 Å². The van der Waals surface area contributed by atoms with Gasteiger partial charge in [0.05, 0.1) is 22.2 Å². The summed E-state index contributed by atoms with van der Waals surface area (Å²) < 4.78 is 0. The van der Waals surface area contributed by atoms with Gasteiger partial charge in [0.1, 0.15) is 5.84 Å². The van der Waals surface area contributed by atoms with Crippen molar-refractivity contribution in [1.82, 2.24) is 0 Å². The van der Waals surface area contributed by atoms with E-state index in [0.29, 0.717) is 0 Å². The van der Waals surface area contributed by atoms with Crippen LogP contribution in [0.5, 0.6) is 0 Å². The van der Waals surface area contributed by atoms with Crippen LogP contribution in [0.15, 0.2) is 184 Å². The molecule has 0 bridgehead atoms. The number of thioether (sulfide) groups is 1. The smallest absolute Gasteiger partial charge is 0.235 e. The second kappa shape index (κ2) is 12.6. The van der Waals surface area contributed by atoms with Crippen LogP contribution in [0.4, 0.5) is 5.69 Å².